The normalized spacial score (nSPS) is 19.4. The van der Waals surface area contributed by atoms with Crippen molar-refractivity contribution in [3.05, 3.63) is 89.1 Å². The molecule has 0 radical (unpaired) electrons. The molecule has 0 spiro atoms. The zero-order valence-corrected chi connectivity index (χ0v) is 22.2. The van der Waals surface area contributed by atoms with Crippen LogP contribution in [-0.4, -0.2) is 60.5 Å². The fourth-order valence-electron chi connectivity index (χ4n) is 4.60. The zero-order valence-electron chi connectivity index (χ0n) is 21.4. The number of carbonyl (C=O) groups excluding carboxylic acids is 1. The summed E-state index contributed by atoms with van der Waals surface area (Å²) in [4.78, 5) is 19.1. The van der Waals surface area contributed by atoms with E-state index in [4.69, 9.17) is 11.6 Å². The molecule has 4 aromatic rings. The number of H-pyrrole nitrogens is 1. The maximum atomic E-state index is 15.5. The van der Waals surface area contributed by atoms with Gasteiger partial charge >= 0.3 is 6.09 Å². The fourth-order valence-corrected chi connectivity index (χ4v) is 4.77. The standard InChI is InChI=1S/C27H24ClFN8O3/c1-3-15(19-11-17(28)6-9-24(19)37-14-31-35-36-37)10-20-22(29)12-21(25(20)34-39)26-30-13-23(33-26)16-4-7-18(8-5-16)32-27(38)40-2/h3-11,13-14,21-22,39H,12H2,1-2H3,(H,30,33)(H,32,38)/b15-3+,20-10-,34-25-. The molecule has 2 aromatic carbocycles. The summed E-state index contributed by atoms with van der Waals surface area (Å²) in [6.07, 6.45) is 4.62. The van der Waals surface area contributed by atoms with Crippen molar-refractivity contribution in [2.75, 3.05) is 12.4 Å². The van der Waals surface area contributed by atoms with Crippen LogP contribution in [0.1, 0.15) is 30.7 Å². The third-order valence-electron chi connectivity index (χ3n) is 6.55. The van der Waals surface area contributed by atoms with E-state index in [1.807, 2.05) is 13.0 Å². The third-order valence-corrected chi connectivity index (χ3v) is 6.79. The second kappa shape index (κ2) is 11.5. The summed E-state index contributed by atoms with van der Waals surface area (Å²) >= 11 is 6.29. The molecule has 3 N–H and O–H groups in total. The minimum absolute atomic E-state index is 0.0482. The van der Waals surface area contributed by atoms with Crippen LogP contribution in [0.5, 0.6) is 0 Å². The summed E-state index contributed by atoms with van der Waals surface area (Å²) in [6, 6.07) is 12.3. The van der Waals surface area contributed by atoms with Gasteiger partial charge < -0.3 is 14.9 Å². The third kappa shape index (κ3) is 5.34. The minimum Gasteiger partial charge on any atom is -0.453 e. The summed E-state index contributed by atoms with van der Waals surface area (Å²) in [7, 11) is 1.29. The molecule has 1 fully saturated rings. The minimum atomic E-state index is -1.40. The Morgan fingerprint density at radius 2 is 2.10 bits per heavy atom. The first-order chi connectivity index (χ1) is 19.4. The van der Waals surface area contributed by atoms with Gasteiger partial charge in [0.2, 0.25) is 0 Å². The van der Waals surface area contributed by atoms with E-state index in [0.717, 1.165) is 5.56 Å². The molecule has 40 heavy (non-hydrogen) atoms. The van der Waals surface area contributed by atoms with E-state index in [-0.39, 0.29) is 17.7 Å². The van der Waals surface area contributed by atoms with Gasteiger partial charge in [-0.05, 0) is 71.3 Å². The Bertz CT molecular complexity index is 1610. The summed E-state index contributed by atoms with van der Waals surface area (Å²) in [5, 5.41) is 27.9. The number of rotatable bonds is 6. The Labute approximate surface area is 233 Å². The number of benzene rings is 2. The van der Waals surface area contributed by atoms with Gasteiger partial charge in [-0.2, -0.15) is 4.68 Å². The van der Waals surface area contributed by atoms with Crippen LogP contribution in [0.15, 0.2) is 77.9 Å². The van der Waals surface area contributed by atoms with Gasteiger partial charge in [0.1, 0.15) is 18.3 Å². The second-order valence-electron chi connectivity index (χ2n) is 8.88. The van der Waals surface area contributed by atoms with Gasteiger partial charge in [-0.15, -0.1) is 5.10 Å². The Morgan fingerprint density at radius 1 is 1.30 bits per heavy atom. The number of methoxy groups -OCH3 is 1. The highest BCUT2D eigenvalue weighted by Crippen LogP contribution is 2.39. The van der Waals surface area contributed by atoms with E-state index < -0.39 is 18.2 Å². The van der Waals surface area contributed by atoms with Crippen molar-refractivity contribution in [2.24, 2.45) is 5.16 Å². The molecule has 1 saturated carbocycles. The molecular weight excluding hydrogens is 539 g/mol. The number of aromatic amines is 1. The number of nitrogens with zero attached hydrogens (tertiary/aromatic N) is 6. The van der Waals surface area contributed by atoms with Crippen molar-refractivity contribution in [1.29, 1.82) is 0 Å². The average molecular weight is 563 g/mol. The number of alkyl halides is 1. The van der Waals surface area contributed by atoms with Crippen LogP contribution in [-0.2, 0) is 4.74 Å². The highest BCUT2D eigenvalue weighted by molar-refractivity contribution is 6.30. The lowest BCUT2D eigenvalue weighted by Crippen LogP contribution is -2.10. The molecule has 1 amide bonds. The van der Waals surface area contributed by atoms with Crippen molar-refractivity contribution < 1.29 is 19.1 Å². The van der Waals surface area contributed by atoms with Gasteiger partial charge in [-0.1, -0.05) is 35.0 Å². The maximum absolute atomic E-state index is 15.5. The van der Waals surface area contributed by atoms with Crippen LogP contribution >= 0.6 is 11.6 Å². The van der Waals surface area contributed by atoms with E-state index in [9.17, 15) is 10.0 Å². The maximum Gasteiger partial charge on any atom is 0.411 e. The predicted octanol–water partition coefficient (Wildman–Crippen LogP) is 5.57. The fraction of sp³-hybridized carbons (Fsp3) is 0.185. The van der Waals surface area contributed by atoms with Crippen molar-refractivity contribution in [3.63, 3.8) is 0 Å². The number of aromatic nitrogens is 6. The van der Waals surface area contributed by atoms with E-state index in [2.05, 4.69) is 40.7 Å². The number of amides is 1. The van der Waals surface area contributed by atoms with Crippen LogP contribution in [0, 0.1) is 0 Å². The molecule has 2 unspecified atom stereocenters. The first-order valence-electron chi connectivity index (χ1n) is 12.2. The molecule has 2 aromatic heterocycles. The van der Waals surface area contributed by atoms with E-state index in [0.29, 0.717) is 39.1 Å². The largest absolute Gasteiger partial charge is 0.453 e. The van der Waals surface area contributed by atoms with Crippen LogP contribution in [0.2, 0.25) is 5.02 Å². The lowest BCUT2D eigenvalue weighted by molar-refractivity contribution is 0.187. The highest BCUT2D eigenvalue weighted by Gasteiger charge is 2.39. The average Bonchev–Trinajstić information content (AvgIpc) is 3.73. The van der Waals surface area contributed by atoms with E-state index >= 15 is 4.39 Å². The summed E-state index contributed by atoms with van der Waals surface area (Å²) < 4.78 is 21.6. The quantitative estimate of drug-likeness (QED) is 0.206. The number of halogens is 2. The Morgan fingerprint density at radius 3 is 2.77 bits per heavy atom. The molecule has 13 heteroatoms. The molecule has 204 valence electrons. The van der Waals surface area contributed by atoms with Gasteiger partial charge in [0.15, 0.2) is 0 Å². The molecule has 0 saturated heterocycles. The van der Waals surface area contributed by atoms with Crippen LogP contribution < -0.4 is 5.32 Å². The number of ether oxygens (including phenoxy) is 1. The number of tetrazole rings is 1. The van der Waals surface area contributed by atoms with Gasteiger partial charge in [0.05, 0.1) is 36.3 Å². The van der Waals surface area contributed by atoms with Gasteiger partial charge in [0, 0.05) is 21.8 Å². The number of hydrogen-bond donors (Lipinski definition) is 3. The van der Waals surface area contributed by atoms with Gasteiger partial charge in [0.25, 0.3) is 0 Å². The number of anilines is 1. The lowest BCUT2D eigenvalue weighted by atomic mass is 9.98. The Kier molecular flexibility index (Phi) is 7.69. The smallest absolute Gasteiger partial charge is 0.411 e. The SMILES string of the molecule is C\C=C(/C=C1\C(=N\O)C(c2ncc(-c3ccc(NC(=O)OC)cc3)[nH]2)CC1F)c1cc(Cl)ccc1-n1cnnn1. The summed E-state index contributed by atoms with van der Waals surface area (Å²) in [6.45, 7) is 1.82. The lowest BCUT2D eigenvalue weighted by Gasteiger charge is -2.12. The molecule has 1 aliphatic rings. The number of allylic oxidation sites excluding steroid dienone is 4. The predicted molar refractivity (Wildman–Crippen MR) is 147 cm³/mol. The van der Waals surface area contributed by atoms with E-state index in [1.165, 1.54) is 18.1 Å². The number of hydrogen-bond acceptors (Lipinski definition) is 8. The van der Waals surface area contributed by atoms with Crippen LogP contribution in [0.25, 0.3) is 22.5 Å². The molecule has 0 aliphatic heterocycles. The van der Waals surface area contributed by atoms with Gasteiger partial charge in [-0.25, -0.2) is 14.2 Å². The summed E-state index contributed by atoms with van der Waals surface area (Å²) in [5.74, 6) is -0.138. The monoisotopic (exact) mass is 562 g/mol. The Balaban J connectivity index is 1.43. The van der Waals surface area contributed by atoms with Crippen molar-refractivity contribution in [1.82, 2.24) is 30.2 Å². The Hall–Kier alpha value is -4.84. The van der Waals surface area contributed by atoms with Crippen molar-refractivity contribution in [3.8, 4) is 16.9 Å². The van der Waals surface area contributed by atoms with Crippen molar-refractivity contribution >= 4 is 34.7 Å². The van der Waals surface area contributed by atoms with Crippen molar-refractivity contribution in [2.45, 2.75) is 25.4 Å². The molecule has 2 heterocycles. The molecule has 5 rings (SSSR count). The number of carbonyl (C=O) groups is 1. The molecular formula is C27H24ClFN8O3. The first kappa shape index (κ1) is 26.8. The topological polar surface area (TPSA) is 143 Å². The molecule has 11 nitrogen and oxygen atoms in total. The molecule has 0 bridgehead atoms. The molecule has 2 atom stereocenters. The second-order valence-corrected chi connectivity index (χ2v) is 9.31. The zero-order chi connectivity index (χ0) is 28.2. The number of nitrogens with one attached hydrogen (secondary N) is 2. The van der Waals surface area contributed by atoms with Crippen LogP contribution in [0.3, 0.4) is 0 Å². The first-order valence-corrected chi connectivity index (χ1v) is 12.6. The summed E-state index contributed by atoms with van der Waals surface area (Å²) in [5.41, 5.74) is 4.43. The number of oxime groups is 1. The van der Waals surface area contributed by atoms with Gasteiger partial charge in [-0.3, -0.25) is 5.32 Å². The molecule has 1 aliphatic carbocycles. The van der Waals surface area contributed by atoms with Crippen LogP contribution in [0.4, 0.5) is 14.9 Å². The number of imidazole rings is 1. The highest BCUT2D eigenvalue weighted by atomic mass is 35.5. The van der Waals surface area contributed by atoms with E-state index in [1.54, 1.807) is 54.7 Å².